The van der Waals surface area contributed by atoms with Crippen molar-refractivity contribution in [2.45, 2.75) is 12.2 Å². The maximum absolute atomic E-state index is 5.91. The van der Waals surface area contributed by atoms with Crippen molar-refractivity contribution in [3.8, 4) is 0 Å². The molecule has 6 rings (SSSR count). The highest BCUT2D eigenvalue weighted by atomic mass is 16.5. The van der Waals surface area contributed by atoms with Crippen molar-refractivity contribution in [3.05, 3.63) is 59.7 Å². The van der Waals surface area contributed by atoms with Crippen LogP contribution in [0.1, 0.15) is 23.3 Å². The third-order valence-electron chi connectivity index (χ3n) is 4.68. The molecule has 4 bridgehead atoms. The van der Waals surface area contributed by atoms with Crippen LogP contribution in [0.2, 0.25) is 0 Å². The van der Waals surface area contributed by atoms with Crippen molar-refractivity contribution in [2.75, 3.05) is 0 Å². The van der Waals surface area contributed by atoms with E-state index in [9.17, 15) is 0 Å². The molecule has 0 amide bonds. The van der Waals surface area contributed by atoms with E-state index in [2.05, 4.69) is 36.4 Å². The molecule has 0 saturated heterocycles. The van der Waals surface area contributed by atoms with E-state index < -0.39 is 0 Å². The van der Waals surface area contributed by atoms with Crippen LogP contribution in [0.4, 0.5) is 0 Å². The molecule has 0 aliphatic carbocycles. The Morgan fingerprint density at radius 2 is 1.25 bits per heavy atom. The van der Waals surface area contributed by atoms with E-state index >= 15 is 0 Å². The minimum absolute atomic E-state index is 0.155. The predicted molar refractivity (Wildman–Crippen MR) is 78.1 cm³/mol. The monoisotopic (exact) mass is 258 g/mol. The highest BCUT2D eigenvalue weighted by Gasteiger charge is 2.33. The van der Waals surface area contributed by atoms with Crippen LogP contribution < -0.4 is 0 Å². The summed E-state index contributed by atoms with van der Waals surface area (Å²) in [6.45, 7) is 0. The summed E-state index contributed by atoms with van der Waals surface area (Å²) >= 11 is 0. The van der Waals surface area contributed by atoms with Crippen LogP contribution in [0.5, 0.6) is 0 Å². The van der Waals surface area contributed by atoms with Crippen LogP contribution in [-0.4, -0.2) is 0 Å². The van der Waals surface area contributed by atoms with Crippen molar-refractivity contribution < 1.29 is 9.15 Å². The molecular formula is C18H10O2. The Kier molecular flexibility index (Phi) is 1.38. The van der Waals surface area contributed by atoms with E-state index in [0.717, 1.165) is 11.2 Å². The fourth-order valence-corrected chi connectivity index (χ4v) is 3.72. The smallest absolute Gasteiger partial charge is 0.135 e. The number of furan rings is 2. The number of ether oxygens (including phenoxy) is 1. The second kappa shape index (κ2) is 2.89. The van der Waals surface area contributed by atoms with Gasteiger partial charge in [-0.25, -0.2) is 0 Å². The maximum Gasteiger partial charge on any atom is 0.135 e. The Hall–Kier alpha value is -2.32. The van der Waals surface area contributed by atoms with E-state index in [1.165, 1.54) is 32.7 Å². The minimum atomic E-state index is 0.155. The van der Waals surface area contributed by atoms with Gasteiger partial charge in [0.1, 0.15) is 23.4 Å². The zero-order valence-electron chi connectivity index (χ0n) is 10.6. The molecule has 0 fully saturated rings. The molecule has 0 radical (unpaired) electrons. The number of rotatable bonds is 0. The fourth-order valence-electron chi connectivity index (χ4n) is 3.72. The van der Waals surface area contributed by atoms with Crippen LogP contribution in [0.15, 0.2) is 53.0 Å². The van der Waals surface area contributed by atoms with Gasteiger partial charge in [0.2, 0.25) is 0 Å². The lowest BCUT2D eigenvalue weighted by Gasteiger charge is -2.09. The minimum Gasteiger partial charge on any atom is -0.456 e. The fraction of sp³-hybridized carbons (Fsp3) is 0.111. The summed E-state index contributed by atoms with van der Waals surface area (Å²) in [5.74, 6) is 0. The molecule has 2 unspecified atom stereocenters. The lowest BCUT2D eigenvalue weighted by atomic mass is 9.92. The normalized spacial score (nSPS) is 23.6. The van der Waals surface area contributed by atoms with E-state index in [1.807, 2.05) is 12.1 Å². The second-order valence-electron chi connectivity index (χ2n) is 5.75. The lowest BCUT2D eigenvalue weighted by Crippen LogP contribution is -1.92. The van der Waals surface area contributed by atoms with Crippen LogP contribution >= 0.6 is 0 Å². The maximum atomic E-state index is 5.91. The van der Waals surface area contributed by atoms with Gasteiger partial charge in [-0.1, -0.05) is 12.2 Å². The van der Waals surface area contributed by atoms with E-state index in [-0.39, 0.29) is 12.2 Å². The van der Waals surface area contributed by atoms with Gasteiger partial charge in [-0.15, -0.1) is 0 Å². The van der Waals surface area contributed by atoms with Gasteiger partial charge in [-0.05, 0) is 58.3 Å². The molecule has 2 aromatic carbocycles. The average Bonchev–Trinajstić information content (AvgIpc) is 3.23. The Bertz CT molecular complexity index is 958. The quantitative estimate of drug-likeness (QED) is 0.332. The molecule has 20 heavy (non-hydrogen) atoms. The molecule has 2 aromatic heterocycles. The SMILES string of the molecule is C1=CC2OC1c1cc3cc4c5ccc(o5)c4cc3cc12. The van der Waals surface area contributed by atoms with E-state index in [1.54, 1.807) is 0 Å². The summed E-state index contributed by atoms with van der Waals surface area (Å²) < 4.78 is 11.7. The first-order valence-electron chi connectivity index (χ1n) is 6.93. The van der Waals surface area contributed by atoms with E-state index in [0.29, 0.717) is 0 Å². The Morgan fingerprint density at radius 1 is 0.700 bits per heavy atom. The number of fused-ring (bicyclic) bond motifs is 11. The molecule has 2 aliphatic rings. The Morgan fingerprint density at radius 3 is 1.80 bits per heavy atom. The standard InChI is InChI=1S/C18H10O2/c1-2-16-12-6-10-8-14-13(17-3-4-18(14)20-17)7-9(10)5-11(12)15(1)19-16/h1-8,15-16H. The Balaban J connectivity index is 1.78. The number of hydrogen-bond acceptors (Lipinski definition) is 2. The summed E-state index contributed by atoms with van der Waals surface area (Å²) in [7, 11) is 0. The largest absolute Gasteiger partial charge is 0.456 e. The van der Waals surface area contributed by atoms with Gasteiger partial charge in [0.05, 0.1) is 0 Å². The first kappa shape index (κ1) is 9.56. The topological polar surface area (TPSA) is 22.4 Å². The molecule has 2 aliphatic heterocycles. The molecule has 94 valence electrons. The summed E-state index contributed by atoms with van der Waals surface area (Å²) in [6.07, 6.45) is 4.62. The van der Waals surface area contributed by atoms with Gasteiger partial charge in [0.25, 0.3) is 0 Å². The van der Waals surface area contributed by atoms with Gasteiger partial charge >= 0.3 is 0 Å². The van der Waals surface area contributed by atoms with Gasteiger partial charge in [-0.3, -0.25) is 0 Å². The summed E-state index contributed by atoms with van der Waals surface area (Å²) in [5.41, 5.74) is 4.61. The van der Waals surface area contributed by atoms with Gasteiger partial charge in [0, 0.05) is 10.8 Å². The highest BCUT2D eigenvalue weighted by molar-refractivity contribution is 6.12. The van der Waals surface area contributed by atoms with Crippen molar-refractivity contribution in [1.29, 1.82) is 0 Å². The summed E-state index contributed by atoms with van der Waals surface area (Å²) in [5, 5.41) is 4.97. The number of benzene rings is 3. The van der Waals surface area contributed by atoms with Crippen LogP contribution in [0.25, 0.3) is 32.7 Å². The first-order valence-corrected chi connectivity index (χ1v) is 6.93. The zero-order chi connectivity index (χ0) is 12.8. The second-order valence-corrected chi connectivity index (χ2v) is 5.75. The molecule has 0 N–H and O–H groups in total. The average molecular weight is 258 g/mol. The van der Waals surface area contributed by atoms with Crippen LogP contribution in [0.3, 0.4) is 0 Å². The van der Waals surface area contributed by atoms with E-state index in [4.69, 9.17) is 9.15 Å². The molecule has 2 heteroatoms. The van der Waals surface area contributed by atoms with Gasteiger partial charge in [0.15, 0.2) is 0 Å². The van der Waals surface area contributed by atoms with Gasteiger partial charge in [-0.2, -0.15) is 0 Å². The third-order valence-corrected chi connectivity index (χ3v) is 4.68. The summed E-state index contributed by atoms with van der Waals surface area (Å²) in [6, 6.07) is 13.1. The van der Waals surface area contributed by atoms with Crippen molar-refractivity contribution in [2.24, 2.45) is 0 Å². The Labute approximate surface area is 114 Å². The third kappa shape index (κ3) is 0.949. The molecule has 0 saturated carbocycles. The van der Waals surface area contributed by atoms with Crippen molar-refractivity contribution in [1.82, 2.24) is 0 Å². The predicted octanol–water partition coefficient (Wildman–Crippen LogP) is 4.86. The molecule has 0 spiro atoms. The molecule has 4 heterocycles. The highest BCUT2D eigenvalue weighted by Crippen LogP contribution is 2.47. The molecule has 4 aromatic rings. The lowest BCUT2D eigenvalue weighted by molar-refractivity contribution is 0.0879. The van der Waals surface area contributed by atoms with Crippen molar-refractivity contribution >= 4 is 32.7 Å². The van der Waals surface area contributed by atoms with Crippen LogP contribution in [0, 0.1) is 0 Å². The first-order chi connectivity index (χ1) is 9.87. The molecule has 2 nitrogen and oxygen atoms in total. The molecular weight excluding hydrogens is 248 g/mol. The summed E-state index contributed by atoms with van der Waals surface area (Å²) in [4.78, 5) is 0. The number of hydrogen-bond donors (Lipinski definition) is 0. The molecule has 2 atom stereocenters. The zero-order valence-corrected chi connectivity index (χ0v) is 10.6. The van der Waals surface area contributed by atoms with Gasteiger partial charge < -0.3 is 9.15 Å². The van der Waals surface area contributed by atoms with Crippen LogP contribution in [-0.2, 0) is 4.74 Å². The van der Waals surface area contributed by atoms with Crippen molar-refractivity contribution in [3.63, 3.8) is 0 Å².